The third-order valence-electron chi connectivity index (χ3n) is 2.22. The van der Waals surface area contributed by atoms with Crippen molar-refractivity contribution in [3.63, 3.8) is 0 Å². The minimum Gasteiger partial charge on any atom is -0.447 e. The van der Waals surface area contributed by atoms with Gasteiger partial charge in [-0.3, -0.25) is 4.90 Å². The molecular formula is C10H10FNO2. The zero-order valence-electron chi connectivity index (χ0n) is 7.79. The van der Waals surface area contributed by atoms with Crippen LogP contribution in [0.2, 0.25) is 0 Å². The Kier molecular flexibility index (Phi) is 2.11. The Hall–Kier alpha value is -1.58. The van der Waals surface area contributed by atoms with E-state index in [4.69, 9.17) is 4.74 Å². The van der Waals surface area contributed by atoms with Crippen LogP contribution < -0.4 is 4.90 Å². The van der Waals surface area contributed by atoms with Crippen molar-refractivity contribution in [2.75, 3.05) is 18.1 Å². The molecular weight excluding hydrogens is 185 g/mol. The first kappa shape index (κ1) is 8.99. The van der Waals surface area contributed by atoms with Gasteiger partial charge in [-0.15, -0.1) is 0 Å². The van der Waals surface area contributed by atoms with Crippen molar-refractivity contribution in [2.45, 2.75) is 6.92 Å². The van der Waals surface area contributed by atoms with Gasteiger partial charge in [0.15, 0.2) is 0 Å². The van der Waals surface area contributed by atoms with Gasteiger partial charge in [0.25, 0.3) is 0 Å². The summed E-state index contributed by atoms with van der Waals surface area (Å²) >= 11 is 0. The lowest BCUT2D eigenvalue weighted by molar-refractivity contribution is 0.181. The summed E-state index contributed by atoms with van der Waals surface area (Å²) in [6.45, 7) is 2.69. The number of halogens is 1. The van der Waals surface area contributed by atoms with Crippen LogP contribution in [0.25, 0.3) is 0 Å². The average Bonchev–Trinajstić information content (AvgIpc) is 2.56. The van der Waals surface area contributed by atoms with E-state index >= 15 is 0 Å². The van der Waals surface area contributed by atoms with Crippen LogP contribution in [0.5, 0.6) is 0 Å². The second-order valence-corrected chi connectivity index (χ2v) is 3.20. The van der Waals surface area contributed by atoms with Crippen molar-refractivity contribution in [2.24, 2.45) is 0 Å². The molecule has 14 heavy (non-hydrogen) atoms. The predicted molar refractivity (Wildman–Crippen MR) is 49.8 cm³/mol. The van der Waals surface area contributed by atoms with Crippen molar-refractivity contribution in [3.8, 4) is 0 Å². The Morgan fingerprint density at radius 1 is 1.50 bits per heavy atom. The van der Waals surface area contributed by atoms with E-state index in [1.54, 1.807) is 6.07 Å². The highest BCUT2D eigenvalue weighted by molar-refractivity contribution is 5.90. The third kappa shape index (κ3) is 1.43. The molecule has 74 valence electrons. The van der Waals surface area contributed by atoms with E-state index in [1.165, 1.54) is 17.0 Å². The number of benzene rings is 1. The van der Waals surface area contributed by atoms with Crippen LogP contribution in [-0.4, -0.2) is 19.2 Å². The summed E-state index contributed by atoms with van der Waals surface area (Å²) in [5.74, 6) is -0.342. The molecule has 1 aliphatic heterocycles. The van der Waals surface area contributed by atoms with Crippen molar-refractivity contribution < 1.29 is 13.9 Å². The van der Waals surface area contributed by atoms with Crippen molar-refractivity contribution in [1.82, 2.24) is 0 Å². The molecule has 1 saturated heterocycles. The molecule has 1 amide bonds. The summed E-state index contributed by atoms with van der Waals surface area (Å²) in [5.41, 5.74) is 1.46. The first-order chi connectivity index (χ1) is 6.68. The van der Waals surface area contributed by atoms with Gasteiger partial charge in [0.05, 0.1) is 12.2 Å². The van der Waals surface area contributed by atoms with Gasteiger partial charge in [-0.2, -0.15) is 0 Å². The van der Waals surface area contributed by atoms with Gasteiger partial charge in [-0.05, 0) is 24.6 Å². The monoisotopic (exact) mass is 195 g/mol. The molecule has 1 aromatic carbocycles. The van der Waals surface area contributed by atoms with Crippen molar-refractivity contribution in [1.29, 1.82) is 0 Å². The maximum absolute atomic E-state index is 12.9. The molecule has 2 rings (SSSR count). The fourth-order valence-corrected chi connectivity index (χ4v) is 1.49. The molecule has 0 bridgehead atoms. The number of amides is 1. The highest BCUT2D eigenvalue weighted by atomic mass is 19.1. The summed E-state index contributed by atoms with van der Waals surface area (Å²) in [7, 11) is 0. The summed E-state index contributed by atoms with van der Waals surface area (Å²) < 4.78 is 17.7. The smallest absolute Gasteiger partial charge is 0.414 e. The van der Waals surface area contributed by atoms with Gasteiger partial charge in [0.2, 0.25) is 0 Å². The third-order valence-corrected chi connectivity index (χ3v) is 2.22. The molecule has 0 aromatic heterocycles. The molecule has 1 heterocycles. The maximum atomic E-state index is 12.9. The van der Waals surface area contributed by atoms with Crippen LogP contribution in [0.4, 0.5) is 14.9 Å². The number of carbonyl (C=O) groups is 1. The van der Waals surface area contributed by atoms with Gasteiger partial charge in [-0.25, -0.2) is 9.18 Å². The lowest BCUT2D eigenvalue weighted by atomic mass is 10.2. The van der Waals surface area contributed by atoms with Crippen LogP contribution in [0.3, 0.4) is 0 Å². The number of nitrogens with zero attached hydrogens (tertiary/aromatic N) is 1. The SMILES string of the molecule is Cc1ccc(F)cc1N1CCOC1=O. The van der Waals surface area contributed by atoms with Crippen LogP contribution in [0, 0.1) is 12.7 Å². The summed E-state index contributed by atoms with van der Waals surface area (Å²) in [6.07, 6.45) is -0.404. The summed E-state index contributed by atoms with van der Waals surface area (Å²) in [4.78, 5) is 12.7. The van der Waals surface area contributed by atoms with E-state index in [0.717, 1.165) is 5.56 Å². The predicted octanol–water partition coefficient (Wildman–Crippen LogP) is 2.09. The molecule has 3 nitrogen and oxygen atoms in total. The first-order valence-corrected chi connectivity index (χ1v) is 4.39. The Bertz CT molecular complexity index is 378. The number of cyclic esters (lactones) is 1. The minimum atomic E-state index is -0.404. The molecule has 0 unspecified atom stereocenters. The van der Waals surface area contributed by atoms with Gasteiger partial charge < -0.3 is 4.74 Å². The highest BCUT2D eigenvalue weighted by Gasteiger charge is 2.24. The number of hydrogen-bond donors (Lipinski definition) is 0. The zero-order chi connectivity index (χ0) is 10.1. The van der Waals surface area contributed by atoms with E-state index in [0.29, 0.717) is 18.8 Å². The van der Waals surface area contributed by atoms with Crippen LogP contribution in [0.15, 0.2) is 18.2 Å². The Morgan fingerprint density at radius 2 is 2.29 bits per heavy atom. The topological polar surface area (TPSA) is 29.5 Å². The normalized spacial score (nSPS) is 15.9. The van der Waals surface area contributed by atoms with Crippen LogP contribution in [0.1, 0.15) is 5.56 Å². The fraction of sp³-hybridized carbons (Fsp3) is 0.300. The molecule has 0 saturated carbocycles. The molecule has 0 N–H and O–H groups in total. The van der Waals surface area contributed by atoms with Crippen LogP contribution in [-0.2, 0) is 4.74 Å². The summed E-state index contributed by atoms with van der Waals surface area (Å²) in [5, 5.41) is 0. The van der Waals surface area contributed by atoms with E-state index in [2.05, 4.69) is 0 Å². The van der Waals surface area contributed by atoms with Gasteiger partial charge in [0.1, 0.15) is 12.4 Å². The largest absolute Gasteiger partial charge is 0.447 e. The molecule has 0 spiro atoms. The van der Waals surface area contributed by atoms with E-state index < -0.39 is 6.09 Å². The Labute approximate surface area is 81.1 Å². The standard InChI is InChI=1S/C10H10FNO2/c1-7-2-3-8(11)6-9(7)12-4-5-14-10(12)13/h2-3,6H,4-5H2,1H3. The van der Waals surface area contributed by atoms with E-state index in [1.807, 2.05) is 6.92 Å². The van der Waals surface area contributed by atoms with E-state index in [9.17, 15) is 9.18 Å². The number of aryl methyl sites for hydroxylation is 1. The molecule has 0 radical (unpaired) electrons. The number of rotatable bonds is 1. The zero-order valence-corrected chi connectivity index (χ0v) is 7.79. The lowest BCUT2D eigenvalue weighted by Gasteiger charge is -2.15. The van der Waals surface area contributed by atoms with Crippen molar-refractivity contribution >= 4 is 11.8 Å². The van der Waals surface area contributed by atoms with Gasteiger partial charge in [0, 0.05) is 0 Å². The van der Waals surface area contributed by atoms with Gasteiger partial charge >= 0.3 is 6.09 Å². The molecule has 4 heteroatoms. The number of ether oxygens (including phenoxy) is 1. The lowest BCUT2D eigenvalue weighted by Crippen LogP contribution is -2.24. The highest BCUT2D eigenvalue weighted by Crippen LogP contribution is 2.23. The molecule has 1 fully saturated rings. The number of carbonyl (C=O) groups excluding carboxylic acids is 1. The van der Waals surface area contributed by atoms with Crippen LogP contribution >= 0.6 is 0 Å². The number of hydrogen-bond acceptors (Lipinski definition) is 2. The number of anilines is 1. The molecule has 0 atom stereocenters. The minimum absolute atomic E-state index is 0.342. The summed E-state index contributed by atoms with van der Waals surface area (Å²) in [6, 6.07) is 4.37. The molecule has 1 aliphatic rings. The van der Waals surface area contributed by atoms with Crippen molar-refractivity contribution in [3.05, 3.63) is 29.6 Å². The fourth-order valence-electron chi connectivity index (χ4n) is 1.49. The quantitative estimate of drug-likeness (QED) is 0.686. The molecule has 1 aromatic rings. The second kappa shape index (κ2) is 3.29. The Morgan fingerprint density at radius 3 is 2.93 bits per heavy atom. The first-order valence-electron chi connectivity index (χ1n) is 4.39. The molecule has 0 aliphatic carbocycles. The second-order valence-electron chi connectivity index (χ2n) is 3.20. The average molecular weight is 195 g/mol. The maximum Gasteiger partial charge on any atom is 0.414 e. The van der Waals surface area contributed by atoms with Gasteiger partial charge in [-0.1, -0.05) is 6.07 Å². The Balaban J connectivity index is 2.39. The van der Waals surface area contributed by atoms with E-state index in [-0.39, 0.29) is 5.82 Å².